The third kappa shape index (κ3) is 3.20. The van der Waals surface area contributed by atoms with Crippen molar-refractivity contribution >= 4 is 11.3 Å². The molecule has 0 aliphatic carbocycles. The number of phenolic OH excluding ortho intramolecular Hbond substituents is 1. The maximum Gasteiger partial charge on any atom is 0.131 e. The van der Waals surface area contributed by atoms with Gasteiger partial charge in [-0.15, -0.1) is 11.3 Å². The normalized spacial score (nSPS) is 10.8. The van der Waals surface area contributed by atoms with E-state index in [1.54, 1.807) is 29.5 Å². The van der Waals surface area contributed by atoms with Gasteiger partial charge >= 0.3 is 0 Å². The number of benzene rings is 1. The summed E-state index contributed by atoms with van der Waals surface area (Å²) in [5.74, 6) is 1.32. The van der Waals surface area contributed by atoms with E-state index in [9.17, 15) is 5.11 Å². The van der Waals surface area contributed by atoms with Gasteiger partial charge in [0, 0.05) is 17.4 Å². The molecule has 1 N–H and O–H groups in total. The van der Waals surface area contributed by atoms with Crippen LogP contribution in [0.4, 0.5) is 0 Å². The molecule has 0 fully saturated rings. The number of hydrogen-bond acceptors (Lipinski definition) is 4. The van der Waals surface area contributed by atoms with Crippen molar-refractivity contribution in [3.05, 3.63) is 40.3 Å². The first-order valence-electron chi connectivity index (χ1n) is 5.51. The molecule has 17 heavy (non-hydrogen) atoms. The maximum absolute atomic E-state index is 9.29. The molecule has 0 saturated carbocycles. The molecular weight excluding hydrogens is 234 g/mol. The molecule has 2 aromatic rings. The Kier molecular flexibility index (Phi) is 3.64. The van der Waals surface area contributed by atoms with Gasteiger partial charge in [0.2, 0.25) is 0 Å². The van der Waals surface area contributed by atoms with Gasteiger partial charge in [-0.3, -0.25) is 0 Å². The van der Waals surface area contributed by atoms with Gasteiger partial charge in [-0.2, -0.15) is 0 Å². The molecule has 1 aromatic heterocycles. The predicted molar refractivity (Wildman–Crippen MR) is 68.6 cm³/mol. The minimum absolute atomic E-state index is 0.212. The Morgan fingerprint density at radius 3 is 2.88 bits per heavy atom. The smallest absolute Gasteiger partial charge is 0.131 e. The number of thiazole rings is 1. The fourth-order valence-corrected chi connectivity index (χ4v) is 2.20. The van der Waals surface area contributed by atoms with E-state index in [0.717, 1.165) is 10.7 Å². The molecule has 0 unspecified atom stereocenters. The van der Waals surface area contributed by atoms with Crippen LogP contribution in [0.3, 0.4) is 0 Å². The Morgan fingerprint density at radius 2 is 2.24 bits per heavy atom. The quantitative estimate of drug-likeness (QED) is 0.901. The van der Waals surface area contributed by atoms with Crippen molar-refractivity contribution in [1.82, 2.24) is 4.98 Å². The fourth-order valence-electron chi connectivity index (χ4n) is 1.38. The van der Waals surface area contributed by atoms with Gasteiger partial charge in [-0.05, 0) is 12.1 Å². The van der Waals surface area contributed by atoms with Gasteiger partial charge in [0.25, 0.3) is 0 Å². The van der Waals surface area contributed by atoms with Gasteiger partial charge in [0.15, 0.2) is 0 Å². The summed E-state index contributed by atoms with van der Waals surface area (Å²) in [6, 6.07) is 6.78. The molecule has 0 bridgehead atoms. The summed E-state index contributed by atoms with van der Waals surface area (Å²) >= 11 is 1.66. The molecule has 2 rings (SSSR count). The van der Waals surface area contributed by atoms with E-state index in [0.29, 0.717) is 18.3 Å². The number of hydrogen-bond donors (Lipinski definition) is 1. The Bertz CT molecular complexity index is 494. The molecular formula is C13H15NO2S. The summed E-state index contributed by atoms with van der Waals surface area (Å²) in [7, 11) is 0. The molecule has 0 spiro atoms. The van der Waals surface area contributed by atoms with E-state index in [4.69, 9.17) is 4.74 Å². The zero-order chi connectivity index (χ0) is 12.3. The fraction of sp³-hybridized carbons (Fsp3) is 0.308. The van der Waals surface area contributed by atoms with E-state index < -0.39 is 0 Å². The zero-order valence-electron chi connectivity index (χ0n) is 9.88. The lowest BCUT2D eigenvalue weighted by molar-refractivity contribution is 0.300. The summed E-state index contributed by atoms with van der Waals surface area (Å²) in [5, 5.41) is 12.4. The Morgan fingerprint density at radius 1 is 1.41 bits per heavy atom. The highest BCUT2D eigenvalue weighted by Gasteiger charge is 2.06. The number of aromatic nitrogens is 1. The second kappa shape index (κ2) is 5.19. The largest absolute Gasteiger partial charge is 0.508 e. The molecule has 0 atom stereocenters. The van der Waals surface area contributed by atoms with E-state index in [1.165, 1.54) is 0 Å². The zero-order valence-corrected chi connectivity index (χ0v) is 10.7. The van der Waals surface area contributed by atoms with Gasteiger partial charge in [0.1, 0.15) is 18.1 Å². The molecule has 90 valence electrons. The summed E-state index contributed by atoms with van der Waals surface area (Å²) in [6.45, 7) is 4.68. The monoisotopic (exact) mass is 249 g/mol. The third-order valence-electron chi connectivity index (χ3n) is 2.27. The number of phenols is 1. The highest BCUT2D eigenvalue weighted by molar-refractivity contribution is 7.09. The van der Waals surface area contributed by atoms with Crippen molar-refractivity contribution in [2.24, 2.45) is 0 Å². The van der Waals surface area contributed by atoms with Crippen molar-refractivity contribution in [3.63, 3.8) is 0 Å². The van der Waals surface area contributed by atoms with Crippen LogP contribution in [0.1, 0.15) is 30.5 Å². The Labute approximate surface area is 105 Å². The van der Waals surface area contributed by atoms with Gasteiger partial charge in [-0.25, -0.2) is 4.98 Å². The molecule has 3 nitrogen and oxygen atoms in total. The number of rotatable bonds is 4. The SMILES string of the molecule is CC(C)c1nc(COc2cccc(O)c2)cs1. The van der Waals surface area contributed by atoms with Crippen LogP contribution in [-0.4, -0.2) is 10.1 Å². The van der Waals surface area contributed by atoms with Crippen LogP contribution in [0.2, 0.25) is 0 Å². The van der Waals surface area contributed by atoms with Crippen molar-refractivity contribution in [2.45, 2.75) is 26.4 Å². The van der Waals surface area contributed by atoms with Crippen LogP contribution in [-0.2, 0) is 6.61 Å². The minimum atomic E-state index is 0.212. The van der Waals surface area contributed by atoms with Crippen LogP contribution in [0.5, 0.6) is 11.5 Å². The van der Waals surface area contributed by atoms with Crippen LogP contribution < -0.4 is 4.74 Å². The van der Waals surface area contributed by atoms with Crippen molar-refractivity contribution in [3.8, 4) is 11.5 Å². The summed E-state index contributed by atoms with van der Waals surface area (Å²) in [6.07, 6.45) is 0. The van der Waals surface area contributed by atoms with E-state index in [2.05, 4.69) is 18.8 Å². The first-order chi connectivity index (χ1) is 8.15. The minimum Gasteiger partial charge on any atom is -0.508 e. The Balaban J connectivity index is 1.97. The highest BCUT2D eigenvalue weighted by Crippen LogP contribution is 2.22. The topological polar surface area (TPSA) is 42.4 Å². The van der Waals surface area contributed by atoms with Crippen LogP contribution in [0.15, 0.2) is 29.6 Å². The third-order valence-corrected chi connectivity index (χ3v) is 3.46. The van der Waals surface area contributed by atoms with Crippen molar-refractivity contribution in [1.29, 1.82) is 0 Å². The van der Waals surface area contributed by atoms with Crippen molar-refractivity contribution in [2.75, 3.05) is 0 Å². The first-order valence-corrected chi connectivity index (χ1v) is 6.39. The second-order valence-electron chi connectivity index (χ2n) is 4.12. The average molecular weight is 249 g/mol. The lowest BCUT2D eigenvalue weighted by Crippen LogP contribution is -1.96. The first kappa shape index (κ1) is 11.9. The van der Waals surface area contributed by atoms with Crippen LogP contribution in [0, 0.1) is 0 Å². The van der Waals surface area contributed by atoms with Crippen LogP contribution >= 0.6 is 11.3 Å². The van der Waals surface area contributed by atoms with E-state index in [1.807, 2.05) is 11.4 Å². The van der Waals surface area contributed by atoms with E-state index >= 15 is 0 Å². The number of ether oxygens (including phenoxy) is 1. The molecule has 0 radical (unpaired) electrons. The highest BCUT2D eigenvalue weighted by atomic mass is 32.1. The lowest BCUT2D eigenvalue weighted by atomic mass is 10.2. The standard InChI is InChI=1S/C13H15NO2S/c1-9(2)13-14-10(8-17-13)7-16-12-5-3-4-11(15)6-12/h3-6,8-9,15H,7H2,1-2H3. The summed E-state index contributed by atoms with van der Waals surface area (Å²) in [5.41, 5.74) is 0.932. The average Bonchev–Trinajstić information content (AvgIpc) is 2.75. The van der Waals surface area contributed by atoms with Crippen molar-refractivity contribution < 1.29 is 9.84 Å². The van der Waals surface area contributed by atoms with Gasteiger partial charge in [-0.1, -0.05) is 19.9 Å². The number of nitrogens with zero attached hydrogens (tertiary/aromatic N) is 1. The lowest BCUT2D eigenvalue weighted by Gasteiger charge is -2.04. The molecule has 4 heteroatoms. The second-order valence-corrected chi connectivity index (χ2v) is 5.01. The van der Waals surface area contributed by atoms with Gasteiger partial charge in [0.05, 0.1) is 10.7 Å². The van der Waals surface area contributed by atoms with E-state index in [-0.39, 0.29) is 5.75 Å². The van der Waals surface area contributed by atoms with Crippen LogP contribution in [0.25, 0.3) is 0 Å². The summed E-state index contributed by atoms with van der Waals surface area (Å²) in [4.78, 5) is 4.48. The summed E-state index contributed by atoms with van der Waals surface area (Å²) < 4.78 is 5.55. The predicted octanol–water partition coefficient (Wildman–Crippen LogP) is 3.55. The van der Waals surface area contributed by atoms with Gasteiger partial charge < -0.3 is 9.84 Å². The molecule has 1 aromatic carbocycles. The Hall–Kier alpha value is -1.55. The molecule has 0 saturated heterocycles. The molecule has 0 aliphatic heterocycles. The molecule has 0 aliphatic rings. The molecule has 0 amide bonds. The number of aromatic hydroxyl groups is 1. The maximum atomic E-state index is 9.29. The molecule has 1 heterocycles.